The number of nitrogens with zero attached hydrogens (tertiary/aromatic N) is 1. The molecule has 0 aliphatic carbocycles. The van der Waals surface area contributed by atoms with Crippen LogP contribution in [-0.4, -0.2) is 4.98 Å². The Balaban J connectivity index is 2.32. The summed E-state index contributed by atoms with van der Waals surface area (Å²) in [4.78, 5) is 4.37. The van der Waals surface area contributed by atoms with Gasteiger partial charge in [-0.15, -0.1) is 0 Å². The molecule has 0 unspecified atom stereocenters. The summed E-state index contributed by atoms with van der Waals surface area (Å²) in [6.07, 6.45) is 7.57. The normalized spacial score (nSPS) is 11.2. The molecule has 18 heavy (non-hydrogen) atoms. The monoisotopic (exact) mass is 235 g/mol. The van der Waals surface area contributed by atoms with Crippen LogP contribution in [0.25, 0.3) is 21.5 Å². The van der Waals surface area contributed by atoms with E-state index in [4.69, 9.17) is 0 Å². The summed E-state index contributed by atoms with van der Waals surface area (Å²) >= 11 is 0. The predicted molar refractivity (Wildman–Crippen MR) is 77.9 cm³/mol. The van der Waals surface area contributed by atoms with E-state index in [1.54, 1.807) is 0 Å². The molecule has 0 atom stereocenters. The van der Waals surface area contributed by atoms with Crippen molar-refractivity contribution in [3.63, 3.8) is 0 Å². The molecule has 0 aliphatic rings. The van der Waals surface area contributed by atoms with E-state index in [0.717, 1.165) is 6.42 Å². The molecule has 0 radical (unpaired) electrons. The fourth-order valence-corrected chi connectivity index (χ4v) is 2.58. The van der Waals surface area contributed by atoms with Crippen LogP contribution in [0.2, 0.25) is 0 Å². The van der Waals surface area contributed by atoms with Gasteiger partial charge in [0.15, 0.2) is 0 Å². The lowest BCUT2D eigenvalue weighted by molar-refractivity contribution is 0.797. The second-order valence-corrected chi connectivity index (χ2v) is 4.79. The van der Waals surface area contributed by atoms with Crippen molar-refractivity contribution in [2.24, 2.45) is 0 Å². The number of hydrogen-bond acceptors (Lipinski definition) is 1. The Labute approximate surface area is 107 Å². The van der Waals surface area contributed by atoms with E-state index >= 15 is 0 Å². The van der Waals surface area contributed by atoms with Crippen molar-refractivity contribution >= 4 is 21.5 Å². The van der Waals surface area contributed by atoms with Crippen molar-refractivity contribution < 1.29 is 0 Å². The van der Waals surface area contributed by atoms with Gasteiger partial charge in [-0.05, 0) is 34.6 Å². The summed E-state index contributed by atoms with van der Waals surface area (Å²) in [7, 11) is 0. The summed E-state index contributed by atoms with van der Waals surface area (Å²) in [6, 6.07) is 13.0. The molecule has 0 fully saturated rings. The molecule has 1 nitrogen and oxygen atoms in total. The molecule has 0 bridgehead atoms. The number of pyridine rings is 1. The maximum atomic E-state index is 4.37. The van der Waals surface area contributed by atoms with Crippen LogP contribution in [0.5, 0.6) is 0 Å². The smallest absolute Gasteiger partial charge is 0.0346 e. The summed E-state index contributed by atoms with van der Waals surface area (Å²) < 4.78 is 0. The van der Waals surface area contributed by atoms with Gasteiger partial charge in [-0.2, -0.15) is 0 Å². The van der Waals surface area contributed by atoms with E-state index < -0.39 is 0 Å². The molecule has 0 saturated carbocycles. The highest BCUT2D eigenvalue weighted by Crippen LogP contribution is 2.28. The van der Waals surface area contributed by atoms with Crippen molar-refractivity contribution in [2.75, 3.05) is 0 Å². The Morgan fingerprint density at radius 1 is 0.944 bits per heavy atom. The van der Waals surface area contributed by atoms with Crippen LogP contribution < -0.4 is 0 Å². The average molecular weight is 235 g/mol. The molecule has 3 aromatic rings. The molecule has 1 aromatic heterocycles. The number of hydrogen-bond donors (Lipinski definition) is 0. The molecular formula is C17H17N. The van der Waals surface area contributed by atoms with Gasteiger partial charge in [0.1, 0.15) is 0 Å². The first-order chi connectivity index (χ1) is 8.90. The van der Waals surface area contributed by atoms with Crippen LogP contribution in [0.3, 0.4) is 0 Å². The van der Waals surface area contributed by atoms with Gasteiger partial charge < -0.3 is 0 Å². The zero-order chi connectivity index (χ0) is 12.4. The number of aryl methyl sites for hydroxylation is 1. The molecule has 1 heterocycles. The van der Waals surface area contributed by atoms with Crippen LogP contribution in [0.15, 0.2) is 48.8 Å². The SMILES string of the molecule is CCCCc1cncc2ccc3ccccc3c12. The number of fused-ring (bicyclic) bond motifs is 3. The van der Waals surface area contributed by atoms with E-state index in [9.17, 15) is 0 Å². The Hall–Kier alpha value is -1.89. The molecule has 0 N–H and O–H groups in total. The lowest BCUT2D eigenvalue weighted by atomic mass is 9.97. The third-order valence-corrected chi connectivity index (χ3v) is 3.53. The minimum absolute atomic E-state index is 1.12. The highest BCUT2D eigenvalue weighted by atomic mass is 14.6. The van der Waals surface area contributed by atoms with Gasteiger partial charge in [0.25, 0.3) is 0 Å². The molecule has 0 aliphatic heterocycles. The van der Waals surface area contributed by atoms with Crippen LogP contribution in [0.4, 0.5) is 0 Å². The Kier molecular flexibility index (Phi) is 2.97. The molecule has 0 saturated heterocycles. The van der Waals surface area contributed by atoms with Crippen LogP contribution in [0.1, 0.15) is 25.3 Å². The third kappa shape index (κ3) is 1.86. The first kappa shape index (κ1) is 11.2. The van der Waals surface area contributed by atoms with Gasteiger partial charge in [0, 0.05) is 17.8 Å². The molecule has 90 valence electrons. The second kappa shape index (κ2) is 4.77. The van der Waals surface area contributed by atoms with Gasteiger partial charge >= 0.3 is 0 Å². The minimum Gasteiger partial charge on any atom is -0.264 e. The predicted octanol–water partition coefficient (Wildman–Crippen LogP) is 4.73. The summed E-state index contributed by atoms with van der Waals surface area (Å²) in [5.41, 5.74) is 1.38. The van der Waals surface area contributed by atoms with Gasteiger partial charge in [-0.25, -0.2) is 0 Å². The van der Waals surface area contributed by atoms with Crippen molar-refractivity contribution in [2.45, 2.75) is 26.2 Å². The van der Waals surface area contributed by atoms with Crippen molar-refractivity contribution in [1.82, 2.24) is 4.98 Å². The summed E-state index contributed by atoms with van der Waals surface area (Å²) in [5.74, 6) is 0. The minimum atomic E-state index is 1.12. The number of benzene rings is 2. The molecule has 0 amide bonds. The molecular weight excluding hydrogens is 218 g/mol. The number of rotatable bonds is 3. The van der Waals surface area contributed by atoms with Crippen molar-refractivity contribution in [3.05, 3.63) is 54.4 Å². The van der Waals surface area contributed by atoms with E-state index in [1.165, 1.54) is 39.9 Å². The van der Waals surface area contributed by atoms with Crippen LogP contribution in [0, 0.1) is 0 Å². The van der Waals surface area contributed by atoms with Crippen molar-refractivity contribution in [1.29, 1.82) is 0 Å². The first-order valence-electron chi connectivity index (χ1n) is 6.64. The topological polar surface area (TPSA) is 12.9 Å². The maximum Gasteiger partial charge on any atom is 0.0346 e. The third-order valence-electron chi connectivity index (χ3n) is 3.53. The van der Waals surface area contributed by atoms with E-state index in [1.807, 2.05) is 12.4 Å². The lowest BCUT2D eigenvalue weighted by Gasteiger charge is -2.09. The van der Waals surface area contributed by atoms with Crippen LogP contribution >= 0.6 is 0 Å². The van der Waals surface area contributed by atoms with Crippen LogP contribution in [-0.2, 0) is 6.42 Å². The molecule has 0 spiro atoms. The Bertz CT molecular complexity index is 685. The van der Waals surface area contributed by atoms with Gasteiger partial charge in [-0.3, -0.25) is 4.98 Å². The highest BCUT2D eigenvalue weighted by Gasteiger charge is 2.05. The second-order valence-electron chi connectivity index (χ2n) is 4.79. The molecule has 2 aromatic carbocycles. The summed E-state index contributed by atoms with van der Waals surface area (Å²) in [6.45, 7) is 2.23. The fourth-order valence-electron chi connectivity index (χ4n) is 2.58. The van der Waals surface area contributed by atoms with Crippen molar-refractivity contribution in [3.8, 4) is 0 Å². The Morgan fingerprint density at radius 3 is 2.67 bits per heavy atom. The molecule has 1 heteroatoms. The van der Waals surface area contributed by atoms with Gasteiger partial charge in [0.2, 0.25) is 0 Å². The average Bonchev–Trinajstić information content (AvgIpc) is 2.44. The summed E-state index contributed by atoms with van der Waals surface area (Å²) in [5, 5.41) is 5.30. The van der Waals surface area contributed by atoms with E-state index in [2.05, 4.69) is 48.3 Å². The first-order valence-corrected chi connectivity index (χ1v) is 6.64. The van der Waals surface area contributed by atoms with E-state index in [0.29, 0.717) is 0 Å². The zero-order valence-electron chi connectivity index (χ0n) is 10.7. The lowest BCUT2D eigenvalue weighted by Crippen LogP contribution is -1.90. The Morgan fingerprint density at radius 2 is 1.78 bits per heavy atom. The standard InChI is InChI=1S/C17H17N/c1-2-3-6-14-11-18-12-15-10-9-13-7-4-5-8-16(13)17(14)15/h4-5,7-12H,2-3,6H2,1H3. The zero-order valence-corrected chi connectivity index (χ0v) is 10.7. The quantitative estimate of drug-likeness (QED) is 0.598. The van der Waals surface area contributed by atoms with E-state index in [-0.39, 0.29) is 0 Å². The van der Waals surface area contributed by atoms with Gasteiger partial charge in [-0.1, -0.05) is 49.7 Å². The fraction of sp³-hybridized carbons (Fsp3) is 0.235. The number of aromatic nitrogens is 1. The number of unbranched alkanes of at least 4 members (excludes halogenated alkanes) is 1. The van der Waals surface area contributed by atoms with Gasteiger partial charge in [0.05, 0.1) is 0 Å². The largest absolute Gasteiger partial charge is 0.264 e. The maximum absolute atomic E-state index is 4.37. The highest BCUT2D eigenvalue weighted by molar-refractivity contribution is 6.08. The molecule has 3 rings (SSSR count).